The highest BCUT2D eigenvalue weighted by molar-refractivity contribution is 5.91. The predicted molar refractivity (Wildman–Crippen MR) is 88.7 cm³/mol. The van der Waals surface area contributed by atoms with Crippen LogP contribution in [0.5, 0.6) is 0 Å². The van der Waals surface area contributed by atoms with Crippen molar-refractivity contribution in [3.8, 4) is 0 Å². The van der Waals surface area contributed by atoms with Gasteiger partial charge in [0.2, 0.25) is 0 Å². The van der Waals surface area contributed by atoms with Crippen LogP contribution in [0.4, 0.5) is 9.59 Å². The lowest BCUT2D eigenvalue weighted by Gasteiger charge is -2.19. The van der Waals surface area contributed by atoms with Gasteiger partial charge >= 0.3 is 24.1 Å². The number of carbonyl (C=O) groups is 4. The topological polar surface area (TPSA) is 111 Å². The molecule has 140 valence electrons. The molecular formula is C16H24N2O7. The molecule has 9 nitrogen and oxygen atoms in total. The molecule has 0 bridgehead atoms. The molecule has 0 atom stereocenters. The number of nitrogens with zero attached hydrogens (tertiary/aromatic N) is 1. The second-order valence-corrected chi connectivity index (χ2v) is 4.92. The SMILES string of the molecule is C=C(C)C(=O)OCCNC(=O)N(CC)C(=O)OCCOC(=O)C(=C)C. The van der Waals surface area contributed by atoms with Crippen molar-refractivity contribution in [1.82, 2.24) is 10.2 Å². The maximum Gasteiger partial charge on any atom is 0.418 e. The van der Waals surface area contributed by atoms with Crippen molar-refractivity contribution in [1.29, 1.82) is 0 Å². The van der Waals surface area contributed by atoms with Gasteiger partial charge in [0, 0.05) is 17.7 Å². The highest BCUT2D eigenvalue weighted by Gasteiger charge is 2.21. The smallest absolute Gasteiger partial charge is 0.418 e. The van der Waals surface area contributed by atoms with Gasteiger partial charge in [-0.05, 0) is 20.8 Å². The number of nitrogens with one attached hydrogen (secondary N) is 1. The zero-order valence-corrected chi connectivity index (χ0v) is 14.8. The molecule has 0 fully saturated rings. The average molecular weight is 356 g/mol. The van der Waals surface area contributed by atoms with Gasteiger partial charge in [0.15, 0.2) is 0 Å². The molecule has 0 rings (SSSR count). The second kappa shape index (κ2) is 11.7. The van der Waals surface area contributed by atoms with Gasteiger partial charge in [-0.1, -0.05) is 13.2 Å². The van der Waals surface area contributed by atoms with E-state index in [9.17, 15) is 19.2 Å². The maximum atomic E-state index is 11.9. The first kappa shape index (κ1) is 22.2. The lowest BCUT2D eigenvalue weighted by atomic mass is 10.4. The van der Waals surface area contributed by atoms with Gasteiger partial charge in [-0.15, -0.1) is 0 Å². The highest BCUT2D eigenvalue weighted by atomic mass is 16.6. The summed E-state index contributed by atoms with van der Waals surface area (Å²) in [5.74, 6) is -1.16. The lowest BCUT2D eigenvalue weighted by molar-refractivity contribution is -0.140. The van der Waals surface area contributed by atoms with Crippen LogP contribution in [0.1, 0.15) is 20.8 Å². The molecule has 0 aliphatic rings. The van der Waals surface area contributed by atoms with E-state index < -0.39 is 24.1 Å². The number of rotatable bonds is 9. The molecule has 0 saturated heterocycles. The molecule has 0 saturated carbocycles. The second-order valence-electron chi connectivity index (χ2n) is 4.92. The van der Waals surface area contributed by atoms with Crippen molar-refractivity contribution in [3.05, 3.63) is 24.3 Å². The summed E-state index contributed by atoms with van der Waals surface area (Å²) in [5, 5.41) is 2.41. The van der Waals surface area contributed by atoms with Crippen LogP contribution in [-0.2, 0) is 23.8 Å². The molecule has 0 spiro atoms. The molecule has 0 aliphatic heterocycles. The van der Waals surface area contributed by atoms with Gasteiger partial charge in [0.25, 0.3) is 0 Å². The van der Waals surface area contributed by atoms with Crippen molar-refractivity contribution < 1.29 is 33.4 Å². The van der Waals surface area contributed by atoms with Crippen LogP contribution < -0.4 is 5.32 Å². The number of urea groups is 1. The van der Waals surface area contributed by atoms with Crippen LogP contribution >= 0.6 is 0 Å². The van der Waals surface area contributed by atoms with E-state index in [-0.39, 0.29) is 44.1 Å². The normalized spacial score (nSPS) is 9.56. The molecule has 0 aliphatic carbocycles. The van der Waals surface area contributed by atoms with Crippen molar-refractivity contribution in [3.63, 3.8) is 0 Å². The minimum Gasteiger partial charge on any atom is -0.460 e. The number of imide groups is 1. The van der Waals surface area contributed by atoms with Crippen molar-refractivity contribution in [2.24, 2.45) is 0 Å². The Hall–Kier alpha value is -2.84. The minimum atomic E-state index is -0.884. The van der Waals surface area contributed by atoms with Gasteiger partial charge in [-0.25, -0.2) is 24.1 Å². The monoisotopic (exact) mass is 356 g/mol. The summed E-state index contributed by atoms with van der Waals surface area (Å²) in [4.78, 5) is 46.8. The Morgan fingerprint density at radius 1 is 0.880 bits per heavy atom. The molecular weight excluding hydrogens is 332 g/mol. The number of carbonyl (C=O) groups excluding carboxylic acids is 4. The summed E-state index contributed by atoms with van der Waals surface area (Å²) in [6.07, 6.45) is -0.884. The lowest BCUT2D eigenvalue weighted by Crippen LogP contribution is -2.45. The first-order valence-corrected chi connectivity index (χ1v) is 7.58. The van der Waals surface area contributed by atoms with Crippen LogP contribution in [0.3, 0.4) is 0 Å². The first-order valence-electron chi connectivity index (χ1n) is 7.58. The maximum absolute atomic E-state index is 11.9. The third-order valence-electron chi connectivity index (χ3n) is 2.63. The fourth-order valence-corrected chi connectivity index (χ4v) is 1.34. The molecule has 25 heavy (non-hydrogen) atoms. The van der Waals surface area contributed by atoms with Gasteiger partial charge in [-0.3, -0.25) is 0 Å². The molecule has 0 heterocycles. The van der Waals surface area contributed by atoms with E-state index in [0.717, 1.165) is 4.90 Å². The minimum absolute atomic E-state index is 0.0257. The molecule has 9 heteroatoms. The number of esters is 2. The van der Waals surface area contributed by atoms with E-state index >= 15 is 0 Å². The Morgan fingerprint density at radius 2 is 1.36 bits per heavy atom. The van der Waals surface area contributed by atoms with Crippen molar-refractivity contribution >= 4 is 24.1 Å². The molecule has 3 amide bonds. The van der Waals surface area contributed by atoms with Crippen LogP contribution in [0.2, 0.25) is 0 Å². The molecule has 0 unspecified atom stereocenters. The highest BCUT2D eigenvalue weighted by Crippen LogP contribution is 1.97. The predicted octanol–water partition coefficient (Wildman–Crippen LogP) is 1.39. The fraction of sp³-hybridized carbons (Fsp3) is 0.500. The third kappa shape index (κ3) is 9.14. The molecule has 0 aromatic rings. The number of hydrogen-bond acceptors (Lipinski definition) is 7. The largest absolute Gasteiger partial charge is 0.460 e. The number of ether oxygens (including phenoxy) is 3. The molecule has 1 N–H and O–H groups in total. The van der Waals surface area contributed by atoms with Gasteiger partial charge in [0.1, 0.15) is 19.8 Å². The van der Waals surface area contributed by atoms with Gasteiger partial charge < -0.3 is 19.5 Å². The Balaban J connectivity index is 4.15. The summed E-state index contributed by atoms with van der Waals surface area (Å²) in [6, 6.07) is -0.696. The van der Waals surface area contributed by atoms with Crippen molar-refractivity contribution in [2.45, 2.75) is 20.8 Å². The van der Waals surface area contributed by atoms with E-state index in [1.54, 1.807) is 6.92 Å². The van der Waals surface area contributed by atoms with E-state index in [4.69, 9.17) is 14.2 Å². The van der Waals surface area contributed by atoms with E-state index in [2.05, 4.69) is 18.5 Å². The average Bonchev–Trinajstić information content (AvgIpc) is 2.55. The van der Waals surface area contributed by atoms with Crippen LogP contribution in [-0.4, -0.2) is 61.9 Å². The zero-order valence-electron chi connectivity index (χ0n) is 14.8. The van der Waals surface area contributed by atoms with Crippen LogP contribution in [0, 0.1) is 0 Å². The first-order chi connectivity index (χ1) is 11.7. The summed E-state index contributed by atoms with van der Waals surface area (Å²) in [7, 11) is 0. The Labute approximate surface area is 146 Å². The quantitative estimate of drug-likeness (QED) is 0.288. The van der Waals surface area contributed by atoms with E-state index in [1.807, 2.05) is 0 Å². The summed E-state index contributed by atoms with van der Waals surface area (Å²) >= 11 is 0. The van der Waals surface area contributed by atoms with E-state index in [1.165, 1.54) is 13.8 Å². The summed E-state index contributed by atoms with van der Waals surface area (Å²) in [6.45, 7) is 11.1. The fourth-order valence-electron chi connectivity index (χ4n) is 1.34. The molecule has 0 aromatic carbocycles. The molecule has 0 aromatic heterocycles. The van der Waals surface area contributed by atoms with Gasteiger partial charge in [-0.2, -0.15) is 0 Å². The Morgan fingerprint density at radius 3 is 1.84 bits per heavy atom. The van der Waals surface area contributed by atoms with Crippen molar-refractivity contribution in [2.75, 3.05) is 32.9 Å². The zero-order chi connectivity index (χ0) is 19.4. The van der Waals surface area contributed by atoms with E-state index in [0.29, 0.717) is 0 Å². The Bertz CT molecular complexity index is 497. The number of hydrogen-bond donors (Lipinski definition) is 1. The number of amides is 3. The van der Waals surface area contributed by atoms with Crippen LogP contribution in [0.15, 0.2) is 24.3 Å². The summed E-state index contributed by atoms with van der Waals surface area (Å²) < 4.78 is 14.4. The standard InChI is InChI=1S/C16H24N2O7/c1-6-18(15(21)17-7-8-23-13(19)11(2)3)16(22)25-10-9-24-14(20)12(4)5/h2,4,6-10H2,1,3,5H3,(H,17,21). The molecule has 0 radical (unpaired) electrons. The third-order valence-corrected chi connectivity index (χ3v) is 2.63. The van der Waals surface area contributed by atoms with Gasteiger partial charge in [0.05, 0.1) is 6.54 Å². The Kier molecular flexibility index (Phi) is 10.3. The summed E-state index contributed by atoms with van der Waals surface area (Å²) in [5.41, 5.74) is 0.477. The van der Waals surface area contributed by atoms with Crippen LogP contribution in [0.25, 0.3) is 0 Å².